The average Bonchev–Trinajstić information content (AvgIpc) is 2.86. The number of hydrogen-bond donors (Lipinski definition) is 2. The number of sulfone groups is 1. The summed E-state index contributed by atoms with van der Waals surface area (Å²) in [5, 5.41) is 12.3. The Kier molecular flexibility index (Phi) is 6.81. The molecule has 0 saturated heterocycles. The fourth-order valence-corrected chi connectivity index (χ4v) is 4.73. The highest BCUT2D eigenvalue weighted by atomic mass is 32.2. The van der Waals surface area contributed by atoms with E-state index in [4.69, 9.17) is 0 Å². The predicted octanol–water partition coefficient (Wildman–Crippen LogP) is 3.17. The number of rotatable bonds is 7. The molecule has 0 atom stereocenters. The summed E-state index contributed by atoms with van der Waals surface area (Å²) in [5.41, 5.74) is -0.969. The number of amides is 1. The molecule has 0 bridgehead atoms. The van der Waals surface area contributed by atoms with E-state index in [1.807, 2.05) is 6.92 Å². The first-order valence-electron chi connectivity index (χ1n) is 9.19. The highest BCUT2D eigenvalue weighted by Gasteiger charge is 2.40. The first-order valence-corrected chi connectivity index (χ1v) is 10.8. The summed E-state index contributed by atoms with van der Waals surface area (Å²) in [4.78, 5) is 24.5. The summed E-state index contributed by atoms with van der Waals surface area (Å²) < 4.78 is 24.4. The monoisotopic (exact) mass is 381 g/mol. The number of carbonyl (C=O) groups is 2. The van der Waals surface area contributed by atoms with Crippen molar-refractivity contribution in [3.8, 4) is 0 Å². The zero-order valence-electron chi connectivity index (χ0n) is 15.2. The van der Waals surface area contributed by atoms with Crippen LogP contribution in [0.5, 0.6) is 0 Å². The Hall–Kier alpha value is -1.89. The lowest BCUT2D eigenvalue weighted by atomic mass is 9.90. The molecule has 2 N–H and O–H groups in total. The largest absolute Gasteiger partial charge is 0.480 e. The Morgan fingerprint density at radius 3 is 2.15 bits per heavy atom. The molecule has 0 spiro atoms. The summed E-state index contributed by atoms with van der Waals surface area (Å²) >= 11 is 0. The van der Waals surface area contributed by atoms with Gasteiger partial charge in [-0.3, -0.25) is 4.79 Å². The van der Waals surface area contributed by atoms with Crippen molar-refractivity contribution in [3.63, 3.8) is 0 Å². The Morgan fingerprint density at radius 1 is 1.08 bits per heavy atom. The van der Waals surface area contributed by atoms with E-state index in [0.29, 0.717) is 19.3 Å². The third-order valence-corrected chi connectivity index (χ3v) is 6.78. The molecule has 1 amide bonds. The fraction of sp³-hybridized carbons (Fsp3) is 0.579. The van der Waals surface area contributed by atoms with Crippen LogP contribution in [0.3, 0.4) is 0 Å². The van der Waals surface area contributed by atoms with Crippen LogP contribution in [0.15, 0.2) is 29.2 Å². The summed E-state index contributed by atoms with van der Waals surface area (Å²) in [6.45, 7) is 1.93. The van der Waals surface area contributed by atoms with Crippen LogP contribution in [0.4, 0.5) is 0 Å². The number of unbranched alkanes of at least 4 members (excludes halogenated alkanes) is 1. The molecule has 26 heavy (non-hydrogen) atoms. The molecule has 1 aliphatic carbocycles. The van der Waals surface area contributed by atoms with Gasteiger partial charge in [-0.05, 0) is 43.5 Å². The van der Waals surface area contributed by atoms with Crippen molar-refractivity contribution in [2.45, 2.75) is 68.7 Å². The van der Waals surface area contributed by atoms with Crippen molar-refractivity contribution in [3.05, 3.63) is 29.8 Å². The summed E-state index contributed by atoms with van der Waals surface area (Å²) in [7, 11) is -3.35. The van der Waals surface area contributed by atoms with E-state index in [1.54, 1.807) is 0 Å². The standard InChI is InChI=1S/C19H27NO5S/c1-2-3-14-26(24,25)16-10-8-15(9-11-16)17(21)20-19(18(22)23)12-6-4-5-7-13-19/h8-11H,2-7,12-14H2,1H3,(H,20,21)(H,22,23). The number of carboxylic acids is 1. The van der Waals surface area contributed by atoms with Crippen LogP contribution in [0.2, 0.25) is 0 Å². The van der Waals surface area contributed by atoms with Crippen molar-refractivity contribution in [2.24, 2.45) is 0 Å². The van der Waals surface area contributed by atoms with E-state index in [0.717, 1.165) is 32.1 Å². The number of carboxylic acid groups (broad SMARTS) is 1. The molecular weight excluding hydrogens is 354 g/mol. The van der Waals surface area contributed by atoms with E-state index in [1.165, 1.54) is 24.3 Å². The number of hydrogen-bond acceptors (Lipinski definition) is 4. The van der Waals surface area contributed by atoms with Gasteiger partial charge in [0, 0.05) is 5.56 Å². The lowest BCUT2D eigenvalue weighted by Gasteiger charge is -2.29. The van der Waals surface area contributed by atoms with Crippen LogP contribution in [0.1, 0.15) is 68.6 Å². The van der Waals surface area contributed by atoms with Crippen LogP contribution in [0.25, 0.3) is 0 Å². The minimum atomic E-state index is -3.35. The summed E-state index contributed by atoms with van der Waals surface area (Å²) in [5.74, 6) is -1.41. The molecule has 0 unspecified atom stereocenters. The maximum atomic E-state index is 12.5. The first-order chi connectivity index (χ1) is 12.3. The molecule has 7 heteroatoms. The molecule has 1 fully saturated rings. The molecule has 2 rings (SSSR count). The lowest BCUT2D eigenvalue weighted by Crippen LogP contribution is -2.54. The zero-order valence-corrected chi connectivity index (χ0v) is 16.0. The number of nitrogens with one attached hydrogen (secondary N) is 1. The second-order valence-electron chi connectivity index (χ2n) is 6.95. The molecule has 1 aromatic carbocycles. The van der Waals surface area contributed by atoms with Gasteiger partial charge in [-0.25, -0.2) is 13.2 Å². The van der Waals surface area contributed by atoms with Gasteiger partial charge in [0.1, 0.15) is 5.54 Å². The minimum absolute atomic E-state index is 0.0805. The Balaban J connectivity index is 2.15. The lowest BCUT2D eigenvalue weighted by molar-refractivity contribution is -0.145. The van der Waals surface area contributed by atoms with Gasteiger partial charge in [-0.1, -0.05) is 39.0 Å². The van der Waals surface area contributed by atoms with Crippen LogP contribution < -0.4 is 5.32 Å². The zero-order chi connectivity index (χ0) is 19.2. The van der Waals surface area contributed by atoms with Crippen molar-refractivity contribution >= 4 is 21.7 Å². The quantitative estimate of drug-likeness (QED) is 0.707. The predicted molar refractivity (Wildman–Crippen MR) is 98.9 cm³/mol. The number of carbonyl (C=O) groups excluding carboxylic acids is 1. The van der Waals surface area contributed by atoms with E-state index >= 15 is 0 Å². The van der Waals surface area contributed by atoms with Crippen LogP contribution in [-0.2, 0) is 14.6 Å². The Labute approximate surface area is 154 Å². The third kappa shape index (κ3) is 4.84. The average molecular weight is 381 g/mol. The van der Waals surface area contributed by atoms with Crippen molar-refractivity contribution < 1.29 is 23.1 Å². The normalized spacial score (nSPS) is 17.3. The molecule has 1 saturated carbocycles. The molecule has 0 radical (unpaired) electrons. The minimum Gasteiger partial charge on any atom is -0.480 e. The van der Waals surface area contributed by atoms with E-state index < -0.39 is 27.3 Å². The number of benzene rings is 1. The van der Waals surface area contributed by atoms with Gasteiger partial charge >= 0.3 is 5.97 Å². The van der Waals surface area contributed by atoms with E-state index in [9.17, 15) is 23.1 Å². The van der Waals surface area contributed by atoms with E-state index in [-0.39, 0.29) is 16.2 Å². The third-order valence-electron chi connectivity index (χ3n) is 4.96. The smallest absolute Gasteiger partial charge is 0.329 e. The first kappa shape index (κ1) is 20.4. The molecular formula is C19H27NO5S. The highest BCUT2D eigenvalue weighted by Crippen LogP contribution is 2.28. The van der Waals surface area contributed by atoms with Gasteiger partial charge in [0.05, 0.1) is 10.6 Å². The second-order valence-corrected chi connectivity index (χ2v) is 9.06. The topological polar surface area (TPSA) is 101 Å². The van der Waals surface area contributed by atoms with Crippen LogP contribution >= 0.6 is 0 Å². The molecule has 1 aromatic rings. The van der Waals surface area contributed by atoms with Gasteiger partial charge in [0.25, 0.3) is 5.91 Å². The maximum absolute atomic E-state index is 12.5. The molecule has 0 aliphatic heterocycles. The molecule has 0 heterocycles. The highest BCUT2D eigenvalue weighted by molar-refractivity contribution is 7.91. The Bertz CT molecular complexity index is 732. The van der Waals surface area contributed by atoms with Crippen molar-refractivity contribution in [1.29, 1.82) is 0 Å². The SMILES string of the molecule is CCCCS(=O)(=O)c1ccc(C(=O)NC2(C(=O)O)CCCCCC2)cc1. The summed E-state index contributed by atoms with van der Waals surface area (Å²) in [6, 6.07) is 5.72. The van der Waals surface area contributed by atoms with Crippen LogP contribution in [0, 0.1) is 0 Å². The second kappa shape index (κ2) is 8.66. The van der Waals surface area contributed by atoms with E-state index in [2.05, 4.69) is 5.32 Å². The summed E-state index contributed by atoms with van der Waals surface area (Å²) in [6.07, 6.45) is 5.67. The van der Waals surface area contributed by atoms with Gasteiger partial charge < -0.3 is 10.4 Å². The molecule has 6 nitrogen and oxygen atoms in total. The van der Waals surface area contributed by atoms with Gasteiger partial charge in [-0.2, -0.15) is 0 Å². The molecule has 0 aromatic heterocycles. The maximum Gasteiger partial charge on any atom is 0.329 e. The van der Waals surface area contributed by atoms with Gasteiger partial charge in [0.2, 0.25) is 0 Å². The van der Waals surface area contributed by atoms with Crippen LogP contribution in [-0.4, -0.2) is 36.7 Å². The fourth-order valence-electron chi connectivity index (χ4n) is 3.28. The van der Waals surface area contributed by atoms with Crippen molar-refractivity contribution in [1.82, 2.24) is 5.32 Å². The molecule has 1 aliphatic rings. The van der Waals surface area contributed by atoms with Gasteiger partial charge in [0.15, 0.2) is 9.84 Å². The van der Waals surface area contributed by atoms with Gasteiger partial charge in [-0.15, -0.1) is 0 Å². The van der Waals surface area contributed by atoms with Crippen molar-refractivity contribution in [2.75, 3.05) is 5.75 Å². The number of aliphatic carboxylic acids is 1. The molecule has 144 valence electrons. The Morgan fingerprint density at radius 2 is 1.65 bits per heavy atom.